The molecule has 0 radical (unpaired) electrons. The molecule has 4 rings (SSSR count). The van der Waals surface area contributed by atoms with Crippen LogP contribution < -0.4 is 9.62 Å². The third-order valence-corrected chi connectivity index (χ3v) is 7.13. The van der Waals surface area contributed by atoms with Gasteiger partial charge in [0, 0.05) is 45.0 Å². The van der Waals surface area contributed by atoms with E-state index in [9.17, 15) is 12.8 Å². The van der Waals surface area contributed by atoms with E-state index in [1.807, 2.05) is 0 Å². The van der Waals surface area contributed by atoms with Crippen LogP contribution in [0.25, 0.3) is 0 Å². The number of likely N-dealkylation sites (N-methyl/N-ethyl adjacent to an activating group) is 1. The predicted molar refractivity (Wildman–Crippen MR) is 110 cm³/mol. The number of rotatable bonds is 6. The molecule has 1 saturated heterocycles. The fraction of sp³-hybridized carbons (Fsp3) is 0.429. The number of benzene rings is 2. The Morgan fingerprint density at radius 3 is 2.55 bits per heavy atom. The Morgan fingerprint density at radius 1 is 1.10 bits per heavy atom. The lowest BCUT2D eigenvalue weighted by Gasteiger charge is -2.35. The van der Waals surface area contributed by atoms with Gasteiger partial charge in [0.25, 0.3) is 0 Å². The maximum Gasteiger partial charge on any atom is 0.240 e. The second-order valence-electron chi connectivity index (χ2n) is 7.53. The topological polar surface area (TPSA) is 61.9 Å². The van der Waals surface area contributed by atoms with Crippen molar-refractivity contribution in [2.45, 2.75) is 17.4 Å². The van der Waals surface area contributed by atoms with E-state index < -0.39 is 15.8 Å². The predicted octanol–water partition coefficient (Wildman–Crippen LogP) is 2.17. The van der Waals surface area contributed by atoms with Crippen LogP contribution in [-0.2, 0) is 21.2 Å². The third-order valence-electron chi connectivity index (χ3n) is 5.69. The molecule has 1 atom stereocenters. The van der Waals surface area contributed by atoms with Crippen molar-refractivity contribution in [2.24, 2.45) is 0 Å². The van der Waals surface area contributed by atoms with E-state index in [1.165, 1.54) is 23.4 Å². The fourth-order valence-electron chi connectivity index (χ4n) is 4.03. The number of morpholine rings is 1. The Balaban J connectivity index is 1.57. The summed E-state index contributed by atoms with van der Waals surface area (Å²) in [6.07, 6.45) is 0.997. The molecule has 0 aromatic heterocycles. The zero-order valence-electron chi connectivity index (χ0n) is 16.5. The van der Waals surface area contributed by atoms with Crippen LogP contribution in [-0.4, -0.2) is 59.8 Å². The molecule has 1 N–H and O–H groups in total. The van der Waals surface area contributed by atoms with Crippen molar-refractivity contribution in [3.63, 3.8) is 0 Å². The van der Waals surface area contributed by atoms with Gasteiger partial charge in [0.15, 0.2) is 0 Å². The van der Waals surface area contributed by atoms with E-state index in [4.69, 9.17) is 4.74 Å². The highest BCUT2D eigenvalue weighted by Crippen LogP contribution is 2.31. The fourth-order valence-corrected chi connectivity index (χ4v) is 5.06. The van der Waals surface area contributed by atoms with Crippen molar-refractivity contribution in [3.05, 3.63) is 59.4 Å². The van der Waals surface area contributed by atoms with E-state index >= 15 is 0 Å². The van der Waals surface area contributed by atoms with Crippen LogP contribution >= 0.6 is 0 Å². The van der Waals surface area contributed by atoms with Crippen molar-refractivity contribution in [2.75, 3.05) is 51.3 Å². The first-order valence-electron chi connectivity index (χ1n) is 9.85. The quantitative estimate of drug-likeness (QED) is 0.778. The SMILES string of the molecule is CN1CCc2cc([C@@H](CNS(=O)(=O)c3ccc(F)cc3)N3CCOCC3)ccc21. The van der Waals surface area contributed by atoms with Crippen molar-refractivity contribution in [1.29, 1.82) is 0 Å². The minimum absolute atomic E-state index is 0.0650. The van der Waals surface area contributed by atoms with Gasteiger partial charge in [-0.2, -0.15) is 0 Å². The highest BCUT2D eigenvalue weighted by Gasteiger charge is 2.27. The normalized spacial score (nSPS) is 18.6. The Hall–Kier alpha value is -2.00. The van der Waals surface area contributed by atoms with Gasteiger partial charge in [-0.25, -0.2) is 17.5 Å². The summed E-state index contributed by atoms with van der Waals surface area (Å²) in [5.41, 5.74) is 3.63. The molecular formula is C21H26FN3O3S. The Bertz CT molecular complexity index is 960. The molecule has 6 nitrogen and oxygen atoms in total. The largest absolute Gasteiger partial charge is 0.379 e. The number of hydrogen-bond acceptors (Lipinski definition) is 5. The molecule has 0 amide bonds. The minimum Gasteiger partial charge on any atom is -0.379 e. The first-order valence-corrected chi connectivity index (χ1v) is 11.3. The first-order chi connectivity index (χ1) is 13.9. The second kappa shape index (κ2) is 8.39. The summed E-state index contributed by atoms with van der Waals surface area (Å²) < 4.78 is 46.8. The first kappa shape index (κ1) is 20.3. The van der Waals surface area contributed by atoms with Gasteiger partial charge in [-0.05, 0) is 47.9 Å². The zero-order valence-corrected chi connectivity index (χ0v) is 17.3. The van der Waals surface area contributed by atoms with Crippen LogP contribution in [0, 0.1) is 5.82 Å². The highest BCUT2D eigenvalue weighted by molar-refractivity contribution is 7.89. The average Bonchev–Trinajstić information content (AvgIpc) is 3.09. The monoisotopic (exact) mass is 419 g/mol. The Labute approximate surface area is 171 Å². The molecule has 2 aromatic rings. The molecule has 0 spiro atoms. The lowest BCUT2D eigenvalue weighted by atomic mass is 10.0. The maximum atomic E-state index is 13.2. The highest BCUT2D eigenvalue weighted by atomic mass is 32.2. The van der Waals surface area contributed by atoms with Crippen LogP contribution in [0.1, 0.15) is 17.2 Å². The van der Waals surface area contributed by atoms with Crippen LogP contribution in [0.5, 0.6) is 0 Å². The molecule has 156 valence electrons. The number of nitrogens with one attached hydrogen (secondary N) is 1. The summed E-state index contributed by atoms with van der Waals surface area (Å²) in [7, 11) is -1.64. The molecule has 0 aliphatic carbocycles. The van der Waals surface area contributed by atoms with Crippen molar-refractivity contribution in [3.8, 4) is 0 Å². The van der Waals surface area contributed by atoms with Gasteiger partial charge in [-0.1, -0.05) is 12.1 Å². The molecule has 2 aliphatic rings. The summed E-state index contributed by atoms with van der Waals surface area (Å²) in [6.45, 7) is 4.01. The van der Waals surface area contributed by atoms with Gasteiger partial charge in [0.2, 0.25) is 10.0 Å². The minimum atomic E-state index is -3.72. The molecule has 1 fully saturated rings. The summed E-state index contributed by atoms with van der Waals surface area (Å²) in [6, 6.07) is 11.2. The number of halogens is 1. The number of nitrogens with zero attached hydrogens (tertiary/aromatic N) is 2. The van der Waals surface area contributed by atoms with E-state index in [0.717, 1.165) is 43.8 Å². The molecule has 2 heterocycles. The van der Waals surface area contributed by atoms with E-state index in [-0.39, 0.29) is 17.5 Å². The second-order valence-corrected chi connectivity index (χ2v) is 9.30. The van der Waals surface area contributed by atoms with E-state index in [0.29, 0.717) is 13.2 Å². The van der Waals surface area contributed by atoms with Crippen LogP contribution in [0.4, 0.5) is 10.1 Å². The summed E-state index contributed by atoms with van der Waals surface area (Å²) >= 11 is 0. The van der Waals surface area contributed by atoms with Gasteiger partial charge < -0.3 is 9.64 Å². The van der Waals surface area contributed by atoms with Crippen LogP contribution in [0.2, 0.25) is 0 Å². The van der Waals surface area contributed by atoms with Crippen LogP contribution in [0.3, 0.4) is 0 Å². The van der Waals surface area contributed by atoms with Gasteiger partial charge in [-0.15, -0.1) is 0 Å². The van der Waals surface area contributed by atoms with Crippen LogP contribution in [0.15, 0.2) is 47.4 Å². The number of sulfonamides is 1. The Kier molecular flexibility index (Phi) is 5.87. The molecular weight excluding hydrogens is 393 g/mol. The third kappa shape index (κ3) is 4.45. The molecule has 29 heavy (non-hydrogen) atoms. The lowest BCUT2D eigenvalue weighted by molar-refractivity contribution is 0.0172. The van der Waals surface area contributed by atoms with Gasteiger partial charge in [0.1, 0.15) is 5.82 Å². The lowest BCUT2D eigenvalue weighted by Crippen LogP contribution is -2.43. The van der Waals surface area contributed by atoms with Gasteiger partial charge in [-0.3, -0.25) is 4.90 Å². The van der Waals surface area contributed by atoms with Crippen molar-refractivity contribution < 1.29 is 17.5 Å². The molecule has 2 aliphatic heterocycles. The summed E-state index contributed by atoms with van der Waals surface area (Å²) in [5.74, 6) is -0.460. The summed E-state index contributed by atoms with van der Waals surface area (Å²) in [4.78, 5) is 4.56. The van der Waals surface area contributed by atoms with Crippen molar-refractivity contribution >= 4 is 15.7 Å². The number of hydrogen-bond donors (Lipinski definition) is 1. The maximum absolute atomic E-state index is 13.2. The van der Waals surface area contributed by atoms with Gasteiger partial charge in [0.05, 0.1) is 18.1 Å². The molecule has 0 bridgehead atoms. The van der Waals surface area contributed by atoms with E-state index in [2.05, 4.69) is 39.8 Å². The van der Waals surface area contributed by atoms with Gasteiger partial charge >= 0.3 is 0 Å². The summed E-state index contributed by atoms with van der Waals surface area (Å²) in [5, 5.41) is 0. The Morgan fingerprint density at radius 2 is 1.83 bits per heavy atom. The van der Waals surface area contributed by atoms with Crippen molar-refractivity contribution in [1.82, 2.24) is 9.62 Å². The van der Waals surface area contributed by atoms with E-state index in [1.54, 1.807) is 0 Å². The molecule has 2 aromatic carbocycles. The smallest absolute Gasteiger partial charge is 0.240 e. The number of fused-ring (bicyclic) bond motifs is 1. The average molecular weight is 420 g/mol. The molecule has 8 heteroatoms. The zero-order chi connectivity index (χ0) is 20.4. The molecule has 0 unspecified atom stereocenters. The number of ether oxygens (including phenoxy) is 1. The number of anilines is 1. The standard InChI is InChI=1S/C21H26FN3O3S/c1-24-9-8-17-14-16(2-7-20(17)24)21(25-10-12-28-13-11-25)15-23-29(26,27)19-5-3-18(22)4-6-19/h2-7,14,21,23H,8-13,15H2,1H3/t21-/m1/s1. The molecule has 0 saturated carbocycles.